The Balaban J connectivity index is 2.24. The van der Waals surface area contributed by atoms with Crippen molar-refractivity contribution in [3.63, 3.8) is 0 Å². The van der Waals surface area contributed by atoms with Crippen LogP contribution in [0.15, 0.2) is 17.1 Å². The minimum absolute atomic E-state index is 0.314. The van der Waals surface area contributed by atoms with E-state index in [1.165, 1.54) is 110 Å². The second kappa shape index (κ2) is 19.2. The van der Waals surface area contributed by atoms with Crippen LogP contribution < -0.4 is 0 Å². The molecule has 2 fully saturated rings. The molecule has 0 N–H and O–H groups in total. The van der Waals surface area contributed by atoms with Gasteiger partial charge >= 0.3 is 230 Å². The second-order valence-electron chi connectivity index (χ2n) is 12.2. The minimum atomic E-state index is -2.49. The van der Waals surface area contributed by atoms with Crippen LogP contribution in [-0.2, 0) is 9.47 Å². The summed E-state index contributed by atoms with van der Waals surface area (Å²) in [4.78, 5) is 5.83. The van der Waals surface area contributed by atoms with E-state index in [1.807, 2.05) is 0 Å². The van der Waals surface area contributed by atoms with Crippen LogP contribution in [-0.4, -0.2) is 47.1 Å². The van der Waals surface area contributed by atoms with Gasteiger partial charge in [0.05, 0.1) is 0 Å². The van der Waals surface area contributed by atoms with E-state index in [-0.39, 0.29) is 5.79 Å². The van der Waals surface area contributed by atoms with Gasteiger partial charge in [-0.1, -0.05) is 6.92 Å². The number of rotatable bonds is 20. The van der Waals surface area contributed by atoms with E-state index < -0.39 is 18.4 Å². The van der Waals surface area contributed by atoms with Gasteiger partial charge in [-0.05, 0) is 0 Å². The van der Waals surface area contributed by atoms with Gasteiger partial charge in [0.1, 0.15) is 0 Å². The van der Waals surface area contributed by atoms with Crippen LogP contribution in [0.5, 0.6) is 0 Å². The van der Waals surface area contributed by atoms with Gasteiger partial charge < -0.3 is 0 Å². The third-order valence-electron chi connectivity index (χ3n) is 9.20. The molecule has 1 saturated heterocycles. The van der Waals surface area contributed by atoms with Crippen molar-refractivity contribution in [1.29, 1.82) is 0 Å². The van der Waals surface area contributed by atoms with Gasteiger partial charge in [-0.15, -0.1) is 0 Å². The molecule has 0 aromatic rings. The van der Waals surface area contributed by atoms with Crippen LogP contribution in [0.25, 0.3) is 0 Å². The monoisotopic (exact) mass is 625 g/mol. The number of nitrogens with zero attached hydrogens (tertiary/aromatic N) is 1. The number of hydrogen-bond acceptors (Lipinski definition) is 3. The van der Waals surface area contributed by atoms with E-state index in [1.54, 1.807) is 5.71 Å². The van der Waals surface area contributed by atoms with Crippen molar-refractivity contribution < 1.29 is 9.47 Å². The van der Waals surface area contributed by atoms with Crippen molar-refractivity contribution in [3.05, 3.63) is 12.2 Å². The summed E-state index contributed by atoms with van der Waals surface area (Å²) in [6.45, 7) is 13.2. The van der Waals surface area contributed by atoms with Crippen LogP contribution in [0.2, 0.25) is 13.3 Å². The molecule has 0 amide bonds. The normalized spacial score (nSPS) is 22.3. The molecule has 2 unspecified atom stereocenters. The Morgan fingerprint density at radius 2 is 1.46 bits per heavy atom. The maximum atomic E-state index is 6.29. The van der Waals surface area contributed by atoms with Crippen LogP contribution in [0.4, 0.5) is 0 Å². The molecule has 2 aliphatic rings. The zero-order chi connectivity index (χ0) is 26.8. The van der Waals surface area contributed by atoms with Crippen molar-refractivity contribution >= 4 is 24.1 Å². The Morgan fingerprint density at radius 3 is 2.03 bits per heavy atom. The average Bonchev–Trinajstić information content (AvgIpc) is 3.39. The van der Waals surface area contributed by atoms with Crippen LogP contribution in [0.1, 0.15) is 144 Å². The molecule has 1 heterocycles. The Labute approximate surface area is 235 Å². The molecule has 0 bridgehead atoms. The van der Waals surface area contributed by atoms with Crippen LogP contribution in [0.3, 0.4) is 0 Å². The molecule has 0 aromatic carbocycles. The fourth-order valence-electron chi connectivity index (χ4n) is 6.82. The summed E-state index contributed by atoms with van der Waals surface area (Å²) in [5.41, 5.74) is 1.57. The summed E-state index contributed by atoms with van der Waals surface area (Å²) in [6, 6.07) is 0. The van der Waals surface area contributed by atoms with Gasteiger partial charge in [0, 0.05) is 0 Å². The number of aliphatic imine (C=N–C) groups is 1. The van der Waals surface area contributed by atoms with Crippen molar-refractivity contribution in [2.75, 3.05) is 13.2 Å². The molecule has 1 aliphatic carbocycles. The van der Waals surface area contributed by atoms with E-state index >= 15 is 0 Å². The molecule has 1 saturated carbocycles. The Kier molecular flexibility index (Phi) is 17.3. The maximum absolute atomic E-state index is 6.29. The van der Waals surface area contributed by atoms with E-state index in [0.717, 1.165) is 26.1 Å². The first-order valence-corrected chi connectivity index (χ1v) is 24.3. The fourth-order valence-corrected chi connectivity index (χ4v) is 23.5. The average molecular weight is 625 g/mol. The van der Waals surface area contributed by atoms with Crippen molar-refractivity contribution in [3.8, 4) is 0 Å². The molecule has 0 aromatic heterocycles. The summed E-state index contributed by atoms with van der Waals surface area (Å²) in [6.07, 6.45) is 26.8. The third-order valence-corrected chi connectivity index (χ3v) is 25.2. The summed E-state index contributed by atoms with van der Waals surface area (Å²) in [5.74, 6) is 0.320. The second-order valence-corrected chi connectivity index (χ2v) is 25.9. The van der Waals surface area contributed by atoms with Gasteiger partial charge in [0.15, 0.2) is 0 Å². The summed E-state index contributed by atoms with van der Waals surface area (Å²) < 4.78 is 17.7. The number of ether oxygens (including phenoxy) is 2. The first-order chi connectivity index (χ1) is 18.1. The van der Waals surface area contributed by atoms with E-state index in [4.69, 9.17) is 14.5 Å². The molecular weight excluding hydrogens is 561 g/mol. The molecule has 37 heavy (non-hydrogen) atoms. The van der Waals surface area contributed by atoms with Gasteiger partial charge in [-0.25, -0.2) is 0 Å². The predicted molar refractivity (Wildman–Crippen MR) is 166 cm³/mol. The van der Waals surface area contributed by atoms with Crippen molar-refractivity contribution in [2.24, 2.45) is 10.9 Å². The molecule has 2 rings (SSSR count). The number of hydrogen-bond donors (Lipinski definition) is 0. The Hall–Kier alpha value is 0.129. The Bertz CT molecular complexity index is 618. The van der Waals surface area contributed by atoms with Gasteiger partial charge in [-0.2, -0.15) is 0 Å². The third kappa shape index (κ3) is 11.3. The standard InChI is InChI=1S/C21H36NO2.3C4H9.Sn/c1-3-5-7-10-14-21(23-17-18-24-21)15-13-19-11-8-9-12-20(19)22-16-6-4-2;3*1-3-4-2;/h4,6,16,19H,3,5,7-15,17-18H2,1-2H3;3*1,3-4H2,2H3;/b6-4+,22-20+;;;;. The number of unbranched alkanes of at least 4 members (excludes halogenated alkanes) is 6. The summed E-state index contributed by atoms with van der Waals surface area (Å²) in [5, 5.41) is 0. The SMILES string of the molecule is C/C=C/[CH](/N=C1\CCCCC1CCC1(CCCCCC)OCCO1)[Sn]([CH2]CCC)([CH2]CCC)[CH2]CCC. The van der Waals surface area contributed by atoms with Crippen LogP contribution >= 0.6 is 0 Å². The van der Waals surface area contributed by atoms with Crippen molar-refractivity contribution in [1.82, 2.24) is 0 Å². The van der Waals surface area contributed by atoms with Gasteiger partial charge in [-0.3, -0.25) is 0 Å². The molecule has 216 valence electrons. The van der Waals surface area contributed by atoms with E-state index in [9.17, 15) is 0 Å². The first-order valence-electron chi connectivity index (χ1n) is 16.6. The zero-order valence-corrected chi connectivity index (χ0v) is 28.5. The van der Waals surface area contributed by atoms with Gasteiger partial charge in [0.2, 0.25) is 0 Å². The summed E-state index contributed by atoms with van der Waals surface area (Å²) >= 11 is -2.49. The molecule has 0 spiro atoms. The number of allylic oxidation sites excluding steroid dienone is 1. The molecule has 1 aliphatic heterocycles. The first kappa shape index (κ1) is 33.3. The van der Waals surface area contributed by atoms with Crippen molar-refractivity contribution in [2.45, 2.75) is 167 Å². The molecular formula is C33H63NO2Sn. The molecule has 4 heteroatoms. The zero-order valence-electron chi connectivity index (χ0n) is 25.6. The fraction of sp³-hybridized carbons (Fsp3) is 0.909. The molecule has 0 radical (unpaired) electrons. The molecule has 3 nitrogen and oxygen atoms in total. The van der Waals surface area contributed by atoms with Crippen LogP contribution in [0, 0.1) is 5.92 Å². The Morgan fingerprint density at radius 1 is 0.838 bits per heavy atom. The summed E-state index contributed by atoms with van der Waals surface area (Å²) in [7, 11) is 0. The van der Waals surface area contributed by atoms with E-state index in [0.29, 0.717) is 9.98 Å². The van der Waals surface area contributed by atoms with E-state index in [2.05, 4.69) is 46.8 Å². The molecule has 2 atom stereocenters. The van der Waals surface area contributed by atoms with Gasteiger partial charge in [0.25, 0.3) is 0 Å². The topological polar surface area (TPSA) is 30.8 Å². The predicted octanol–water partition coefficient (Wildman–Crippen LogP) is 10.4. The quantitative estimate of drug-likeness (QED) is 0.0767.